The summed E-state index contributed by atoms with van der Waals surface area (Å²) in [5, 5.41) is 2.04. The molecular weight excluding hydrogens is 246 g/mol. The van der Waals surface area contributed by atoms with Crippen LogP contribution in [0.2, 0.25) is 0 Å². The van der Waals surface area contributed by atoms with Gasteiger partial charge in [-0.15, -0.1) is 11.3 Å². The summed E-state index contributed by atoms with van der Waals surface area (Å²) in [5.74, 6) is 0. The van der Waals surface area contributed by atoms with Gasteiger partial charge in [-0.25, -0.2) is 0 Å². The molecule has 4 heteroatoms. The van der Waals surface area contributed by atoms with Crippen LogP contribution in [-0.4, -0.2) is 13.1 Å². The normalized spacial score (nSPS) is 12.1. The lowest BCUT2D eigenvalue weighted by Crippen LogP contribution is -2.16. The maximum atomic E-state index is 10.2. The molecule has 0 aliphatic heterocycles. The molecule has 0 aliphatic rings. The molecule has 2 aromatic rings. The Morgan fingerprint density at radius 3 is 2.78 bits per heavy atom. The summed E-state index contributed by atoms with van der Waals surface area (Å²) in [4.78, 5) is 11.4. The number of benzene rings is 1. The lowest BCUT2D eigenvalue weighted by molar-refractivity contribution is -0.129. The van der Waals surface area contributed by atoms with E-state index in [1.807, 2.05) is 23.6 Å². The minimum absolute atomic E-state index is 0.208. The zero-order chi connectivity index (χ0) is 13.0. The lowest BCUT2D eigenvalue weighted by atomic mass is 9.98. The number of hydrogen-bond donors (Lipinski definition) is 1. The molecule has 1 aromatic heterocycles. The average molecular weight is 261 g/mol. The Labute approximate surface area is 110 Å². The van der Waals surface area contributed by atoms with E-state index in [9.17, 15) is 4.79 Å². The van der Waals surface area contributed by atoms with Crippen LogP contribution in [0.15, 0.2) is 35.7 Å². The number of ether oxygens (including phenoxy) is 1. The first-order valence-electron chi connectivity index (χ1n) is 5.68. The van der Waals surface area contributed by atoms with Crippen LogP contribution in [0.25, 0.3) is 11.1 Å². The molecule has 0 saturated carbocycles. The van der Waals surface area contributed by atoms with Gasteiger partial charge in [-0.3, -0.25) is 4.79 Å². The van der Waals surface area contributed by atoms with Gasteiger partial charge in [-0.1, -0.05) is 30.3 Å². The summed E-state index contributed by atoms with van der Waals surface area (Å²) in [6.45, 7) is 2.71. The van der Waals surface area contributed by atoms with Crippen molar-refractivity contribution in [3.8, 4) is 11.1 Å². The highest BCUT2D eigenvalue weighted by Gasteiger charge is 2.16. The predicted molar refractivity (Wildman–Crippen MR) is 73.4 cm³/mol. The lowest BCUT2D eigenvalue weighted by Gasteiger charge is -2.12. The standard InChI is InChI=1S/C14H15NO2S/c1-10-14(11-5-3-2-4-6-11)12(8-18-10)13(15)7-17-9-16/h2-6,8-9,13H,7,15H2,1H3. The van der Waals surface area contributed by atoms with Crippen LogP contribution >= 0.6 is 11.3 Å². The van der Waals surface area contributed by atoms with Crippen molar-refractivity contribution in [3.63, 3.8) is 0 Å². The van der Waals surface area contributed by atoms with Crippen LogP contribution in [-0.2, 0) is 9.53 Å². The second kappa shape index (κ2) is 5.80. The highest BCUT2D eigenvalue weighted by atomic mass is 32.1. The van der Waals surface area contributed by atoms with Crippen LogP contribution < -0.4 is 5.73 Å². The van der Waals surface area contributed by atoms with Crippen molar-refractivity contribution < 1.29 is 9.53 Å². The molecule has 0 fully saturated rings. The number of hydrogen-bond acceptors (Lipinski definition) is 4. The van der Waals surface area contributed by atoms with Crippen LogP contribution in [0.1, 0.15) is 16.5 Å². The fraction of sp³-hybridized carbons (Fsp3) is 0.214. The predicted octanol–water partition coefficient (Wildman–Crippen LogP) is 2.90. The molecule has 3 nitrogen and oxygen atoms in total. The maximum Gasteiger partial charge on any atom is 0.293 e. The van der Waals surface area contributed by atoms with Crippen molar-refractivity contribution in [2.24, 2.45) is 5.73 Å². The van der Waals surface area contributed by atoms with E-state index in [1.54, 1.807) is 11.3 Å². The third-order valence-electron chi connectivity index (χ3n) is 2.81. The minimum atomic E-state index is -0.282. The second-order valence-electron chi connectivity index (χ2n) is 4.02. The topological polar surface area (TPSA) is 52.3 Å². The highest BCUT2D eigenvalue weighted by molar-refractivity contribution is 7.10. The van der Waals surface area contributed by atoms with Crippen molar-refractivity contribution in [2.45, 2.75) is 13.0 Å². The number of nitrogens with two attached hydrogens (primary N) is 1. The van der Waals surface area contributed by atoms with E-state index in [1.165, 1.54) is 4.88 Å². The van der Waals surface area contributed by atoms with Crippen molar-refractivity contribution in [3.05, 3.63) is 46.2 Å². The minimum Gasteiger partial charge on any atom is -0.466 e. The summed E-state index contributed by atoms with van der Waals surface area (Å²) in [5.41, 5.74) is 9.39. The number of rotatable bonds is 5. The Morgan fingerprint density at radius 2 is 2.11 bits per heavy atom. The van der Waals surface area contributed by atoms with Gasteiger partial charge in [0.2, 0.25) is 0 Å². The molecule has 1 atom stereocenters. The first-order chi connectivity index (χ1) is 8.74. The summed E-state index contributed by atoms with van der Waals surface area (Å²) in [7, 11) is 0. The first-order valence-corrected chi connectivity index (χ1v) is 6.56. The van der Waals surface area contributed by atoms with E-state index in [0.29, 0.717) is 6.47 Å². The van der Waals surface area contributed by atoms with E-state index in [0.717, 1.165) is 16.7 Å². The number of carbonyl (C=O) groups excluding carboxylic acids is 1. The number of thiophene rings is 1. The molecule has 1 heterocycles. The van der Waals surface area contributed by atoms with E-state index < -0.39 is 0 Å². The zero-order valence-electron chi connectivity index (χ0n) is 10.1. The van der Waals surface area contributed by atoms with Crippen molar-refractivity contribution in [1.29, 1.82) is 0 Å². The molecule has 0 saturated heterocycles. The van der Waals surface area contributed by atoms with Gasteiger partial charge < -0.3 is 10.5 Å². The van der Waals surface area contributed by atoms with Crippen LogP contribution in [0.5, 0.6) is 0 Å². The van der Waals surface area contributed by atoms with Crippen molar-refractivity contribution in [2.75, 3.05) is 6.61 Å². The Hall–Kier alpha value is -1.65. The van der Waals surface area contributed by atoms with Crippen molar-refractivity contribution in [1.82, 2.24) is 0 Å². The van der Waals surface area contributed by atoms with Crippen molar-refractivity contribution >= 4 is 17.8 Å². The molecule has 0 radical (unpaired) electrons. The van der Waals surface area contributed by atoms with Crippen LogP contribution in [0.4, 0.5) is 0 Å². The molecule has 1 unspecified atom stereocenters. The Morgan fingerprint density at radius 1 is 1.39 bits per heavy atom. The molecule has 0 aliphatic carbocycles. The summed E-state index contributed by atoms with van der Waals surface area (Å²) >= 11 is 1.66. The molecule has 0 bridgehead atoms. The summed E-state index contributed by atoms with van der Waals surface area (Å²) in [6.07, 6.45) is 0. The van der Waals surface area contributed by atoms with Gasteiger partial charge in [0.25, 0.3) is 6.47 Å². The molecule has 0 spiro atoms. The molecule has 1 aromatic carbocycles. The van der Waals surface area contributed by atoms with Gasteiger partial charge in [0.15, 0.2) is 0 Å². The smallest absolute Gasteiger partial charge is 0.293 e. The third kappa shape index (κ3) is 2.60. The number of aryl methyl sites for hydroxylation is 1. The molecule has 94 valence electrons. The molecule has 2 rings (SSSR count). The van der Waals surface area contributed by atoms with Gasteiger partial charge in [0, 0.05) is 10.4 Å². The first kappa shape index (κ1) is 12.8. The summed E-state index contributed by atoms with van der Waals surface area (Å²) in [6, 6.07) is 9.83. The van der Waals surface area contributed by atoms with E-state index in [4.69, 9.17) is 10.5 Å². The fourth-order valence-electron chi connectivity index (χ4n) is 1.95. The van der Waals surface area contributed by atoms with E-state index in [-0.39, 0.29) is 12.6 Å². The fourth-order valence-corrected chi connectivity index (χ4v) is 2.90. The maximum absolute atomic E-state index is 10.2. The molecule has 2 N–H and O–H groups in total. The number of carbonyl (C=O) groups is 1. The van der Waals surface area contributed by atoms with E-state index in [2.05, 4.69) is 19.1 Å². The van der Waals surface area contributed by atoms with Gasteiger partial charge in [0.05, 0.1) is 6.04 Å². The highest BCUT2D eigenvalue weighted by Crippen LogP contribution is 2.35. The SMILES string of the molecule is Cc1scc(C(N)COC=O)c1-c1ccccc1. The Balaban J connectivity index is 2.36. The molecular formula is C14H15NO2S. The second-order valence-corrected chi connectivity index (χ2v) is 5.11. The van der Waals surface area contributed by atoms with Gasteiger partial charge in [-0.05, 0) is 23.4 Å². The van der Waals surface area contributed by atoms with Gasteiger partial charge >= 0.3 is 0 Å². The molecule has 18 heavy (non-hydrogen) atoms. The van der Waals surface area contributed by atoms with Gasteiger partial charge in [0.1, 0.15) is 6.61 Å². The molecule has 0 amide bonds. The largest absolute Gasteiger partial charge is 0.466 e. The monoisotopic (exact) mass is 261 g/mol. The van der Waals surface area contributed by atoms with Gasteiger partial charge in [-0.2, -0.15) is 0 Å². The summed E-state index contributed by atoms with van der Waals surface area (Å²) < 4.78 is 4.75. The third-order valence-corrected chi connectivity index (χ3v) is 3.74. The van der Waals surface area contributed by atoms with Crippen LogP contribution in [0.3, 0.4) is 0 Å². The van der Waals surface area contributed by atoms with Crippen LogP contribution in [0, 0.1) is 6.92 Å². The Kier molecular flexibility index (Phi) is 4.12. The van der Waals surface area contributed by atoms with E-state index >= 15 is 0 Å². The zero-order valence-corrected chi connectivity index (χ0v) is 10.9. The average Bonchev–Trinajstić information content (AvgIpc) is 2.79. The Bertz CT molecular complexity index is 522. The quantitative estimate of drug-likeness (QED) is 0.842.